The third kappa shape index (κ3) is 8.49. The molecule has 0 spiro atoms. The molecule has 4 nitrogen and oxygen atoms in total. The molecule has 2 heterocycles. The molecule has 0 saturated heterocycles. The lowest BCUT2D eigenvalue weighted by Gasteiger charge is -2.09. The van der Waals surface area contributed by atoms with Gasteiger partial charge in [0.1, 0.15) is 0 Å². The summed E-state index contributed by atoms with van der Waals surface area (Å²) < 4.78 is 11.8. The quantitative estimate of drug-likeness (QED) is 0.152. The van der Waals surface area contributed by atoms with E-state index in [1.165, 1.54) is 70.6 Å². The molecule has 0 aliphatic heterocycles. The van der Waals surface area contributed by atoms with Gasteiger partial charge < -0.3 is 9.47 Å². The molecule has 2 aromatic heterocycles. The van der Waals surface area contributed by atoms with Crippen molar-refractivity contribution in [2.24, 2.45) is 0 Å². The highest BCUT2D eigenvalue weighted by atomic mass is 16.5. The third-order valence-corrected chi connectivity index (χ3v) is 6.23. The first-order valence-corrected chi connectivity index (χ1v) is 13.3. The standard InChI is InChI=1S/C29H42N2O2/c1-3-5-7-9-11-13-15-23-33-29-21-17-25-24-16-20-28(30-26(24)18-19-27(25)31-29)32-22-14-12-10-8-6-4-2/h16-21H,3-15,22-23H2,1-2H3. The van der Waals surface area contributed by atoms with Crippen LogP contribution in [0.1, 0.15) is 97.3 Å². The highest BCUT2D eigenvalue weighted by Crippen LogP contribution is 2.27. The molecule has 0 bridgehead atoms. The lowest BCUT2D eigenvalue weighted by atomic mass is 10.1. The van der Waals surface area contributed by atoms with Crippen molar-refractivity contribution in [1.29, 1.82) is 0 Å². The van der Waals surface area contributed by atoms with Crippen LogP contribution in [0, 0.1) is 0 Å². The number of rotatable bonds is 17. The largest absolute Gasteiger partial charge is 0.478 e. The average molecular weight is 451 g/mol. The smallest absolute Gasteiger partial charge is 0.213 e. The Balaban J connectivity index is 1.48. The van der Waals surface area contributed by atoms with E-state index in [-0.39, 0.29) is 0 Å². The second-order valence-electron chi connectivity index (χ2n) is 9.08. The van der Waals surface area contributed by atoms with Gasteiger partial charge in [0.25, 0.3) is 0 Å². The summed E-state index contributed by atoms with van der Waals surface area (Å²) in [7, 11) is 0. The minimum absolute atomic E-state index is 0.706. The van der Waals surface area contributed by atoms with Gasteiger partial charge >= 0.3 is 0 Å². The molecule has 0 atom stereocenters. The highest BCUT2D eigenvalue weighted by molar-refractivity contribution is 6.04. The second-order valence-corrected chi connectivity index (χ2v) is 9.08. The molecule has 0 radical (unpaired) electrons. The van der Waals surface area contributed by atoms with Gasteiger partial charge in [0, 0.05) is 22.9 Å². The zero-order valence-corrected chi connectivity index (χ0v) is 20.8. The number of unbranched alkanes of at least 4 members (excludes halogenated alkanes) is 11. The van der Waals surface area contributed by atoms with Crippen LogP contribution in [-0.4, -0.2) is 23.2 Å². The van der Waals surface area contributed by atoms with Crippen molar-refractivity contribution in [1.82, 2.24) is 9.97 Å². The zero-order chi connectivity index (χ0) is 23.1. The van der Waals surface area contributed by atoms with E-state index in [0.717, 1.165) is 47.9 Å². The summed E-state index contributed by atoms with van der Waals surface area (Å²) in [4.78, 5) is 9.43. The number of pyridine rings is 2. The van der Waals surface area contributed by atoms with E-state index in [2.05, 4.69) is 26.0 Å². The van der Waals surface area contributed by atoms with Crippen molar-refractivity contribution in [3.8, 4) is 11.8 Å². The number of hydrogen-bond donors (Lipinski definition) is 0. The van der Waals surface area contributed by atoms with Gasteiger partial charge in [0.2, 0.25) is 11.8 Å². The Morgan fingerprint density at radius 2 is 0.879 bits per heavy atom. The van der Waals surface area contributed by atoms with E-state index >= 15 is 0 Å². The lowest BCUT2D eigenvalue weighted by Crippen LogP contribution is -2.00. The van der Waals surface area contributed by atoms with E-state index in [4.69, 9.17) is 19.4 Å². The average Bonchev–Trinajstić information content (AvgIpc) is 2.84. The van der Waals surface area contributed by atoms with Crippen LogP contribution in [0.5, 0.6) is 11.8 Å². The lowest BCUT2D eigenvalue weighted by molar-refractivity contribution is 0.294. The van der Waals surface area contributed by atoms with Crippen LogP contribution in [-0.2, 0) is 0 Å². The fourth-order valence-electron chi connectivity index (χ4n) is 4.24. The Bertz CT molecular complexity index is 957. The van der Waals surface area contributed by atoms with Crippen LogP contribution in [0.3, 0.4) is 0 Å². The molecule has 180 valence electrons. The Morgan fingerprint density at radius 3 is 1.30 bits per heavy atom. The van der Waals surface area contributed by atoms with Gasteiger partial charge in [0.15, 0.2) is 0 Å². The highest BCUT2D eigenvalue weighted by Gasteiger charge is 2.07. The number of nitrogens with zero attached hydrogens (tertiary/aromatic N) is 2. The maximum Gasteiger partial charge on any atom is 0.213 e. The first-order valence-electron chi connectivity index (χ1n) is 13.3. The van der Waals surface area contributed by atoms with Crippen molar-refractivity contribution in [2.75, 3.05) is 13.2 Å². The Kier molecular flexibility index (Phi) is 11.3. The number of ether oxygens (including phenoxy) is 2. The Labute approximate surface area is 200 Å². The molecule has 4 heteroatoms. The van der Waals surface area contributed by atoms with E-state index in [9.17, 15) is 0 Å². The van der Waals surface area contributed by atoms with Gasteiger partial charge in [-0.2, -0.15) is 0 Å². The topological polar surface area (TPSA) is 44.2 Å². The summed E-state index contributed by atoms with van der Waals surface area (Å²) >= 11 is 0. The minimum atomic E-state index is 0.706. The van der Waals surface area contributed by atoms with E-state index in [1.807, 2.05) is 24.3 Å². The maximum absolute atomic E-state index is 5.91. The SMILES string of the molecule is CCCCCCCCCOc1ccc2c(ccc3nc(OCCCCCCCC)ccc32)n1. The number of fused-ring (bicyclic) bond motifs is 3. The van der Waals surface area contributed by atoms with Crippen molar-refractivity contribution < 1.29 is 9.47 Å². The molecule has 3 aromatic rings. The number of aromatic nitrogens is 2. The van der Waals surface area contributed by atoms with Crippen molar-refractivity contribution >= 4 is 21.8 Å². The van der Waals surface area contributed by atoms with Gasteiger partial charge in [0.05, 0.1) is 24.2 Å². The predicted octanol–water partition coefficient (Wildman–Crippen LogP) is 8.65. The number of benzene rings is 1. The summed E-state index contributed by atoms with van der Waals surface area (Å²) in [6.07, 6.45) is 16.6. The molecule has 0 amide bonds. The molecule has 0 unspecified atom stereocenters. The summed E-state index contributed by atoms with van der Waals surface area (Å²) in [6.45, 7) is 5.98. The van der Waals surface area contributed by atoms with Crippen LogP contribution in [0.2, 0.25) is 0 Å². The summed E-state index contributed by atoms with van der Waals surface area (Å²) in [6, 6.07) is 12.2. The van der Waals surface area contributed by atoms with E-state index in [0.29, 0.717) is 11.8 Å². The third-order valence-electron chi connectivity index (χ3n) is 6.23. The van der Waals surface area contributed by atoms with Crippen molar-refractivity contribution in [3.05, 3.63) is 36.4 Å². The zero-order valence-electron chi connectivity index (χ0n) is 20.8. The minimum Gasteiger partial charge on any atom is -0.478 e. The van der Waals surface area contributed by atoms with Gasteiger partial charge in [-0.3, -0.25) is 0 Å². The molecule has 0 aliphatic carbocycles. The van der Waals surface area contributed by atoms with Crippen LogP contribution >= 0.6 is 0 Å². The molecular formula is C29H42N2O2. The van der Waals surface area contributed by atoms with Crippen molar-refractivity contribution in [3.63, 3.8) is 0 Å². The van der Waals surface area contributed by atoms with E-state index < -0.39 is 0 Å². The maximum atomic E-state index is 5.91. The summed E-state index contributed by atoms with van der Waals surface area (Å²) in [5, 5.41) is 2.20. The first-order chi connectivity index (χ1) is 16.3. The second kappa shape index (κ2) is 14.7. The molecule has 1 aromatic carbocycles. The molecule has 0 aliphatic rings. The van der Waals surface area contributed by atoms with Crippen LogP contribution in [0.25, 0.3) is 21.8 Å². The fourth-order valence-corrected chi connectivity index (χ4v) is 4.24. The molecule has 33 heavy (non-hydrogen) atoms. The fraction of sp³-hybridized carbons (Fsp3) is 0.586. The Morgan fingerprint density at radius 1 is 0.485 bits per heavy atom. The van der Waals surface area contributed by atoms with Gasteiger partial charge in [-0.15, -0.1) is 0 Å². The van der Waals surface area contributed by atoms with Gasteiger partial charge in [-0.05, 0) is 37.1 Å². The molecular weight excluding hydrogens is 408 g/mol. The van der Waals surface area contributed by atoms with Gasteiger partial charge in [-0.1, -0.05) is 84.5 Å². The molecule has 0 N–H and O–H groups in total. The summed E-state index contributed by atoms with van der Waals surface area (Å²) in [5.41, 5.74) is 1.89. The number of hydrogen-bond acceptors (Lipinski definition) is 4. The van der Waals surface area contributed by atoms with Gasteiger partial charge in [-0.25, -0.2) is 9.97 Å². The van der Waals surface area contributed by atoms with E-state index in [1.54, 1.807) is 0 Å². The first kappa shape index (κ1) is 25.3. The van der Waals surface area contributed by atoms with Crippen LogP contribution in [0.4, 0.5) is 0 Å². The monoisotopic (exact) mass is 450 g/mol. The molecule has 0 fully saturated rings. The normalized spacial score (nSPS) is 11.3. The van der Waals surface area contributed by atoms with Crippen molar-refractivity contribution in [2.45, 2.75) is 97.3 Å². The van der Waals surface area contributed by atoms with Crippen LogP contribution < -0.4 is 9.47 Å². The molecule has 0 saturated carbocycles. The summed E-state index contributed by atoms with van der Waals surface area (Å²) in [5.74, 6) is 1.41. The van der Waals surface area contributed by atoms with Crippen LogP contribution in [0.15, 0.2) is 36.4 Å². The predicted molar refractivity (Wildman–Crippen MR) is 139 cm³/mol. The Hall–Kier alpha value is -2.36. The molecule has 3 rings (SSSR count).